The predicted molar refractivity (Wildman–Crippen MR) is 142 cm³/mol. The Balaban J connectivity index is 1.32. The maximum absolute atomic E-state index is 4.73. The lowest BCUT2D eigenvalue weighted by Gasteiger charge is -2.10. The minimum Gasteiger partial charge on any atom is -0.256 e. The van der Waals surface area contributed by atoms with Crippen molar-refractivity contribution in [2.45, 2.75) is 0 Å². The number of fused-ring (bicyclic) bond motifs is 3. The van der Waals surface area contributed by atoms with Crippen LogP contribution >= 0.6 is 0 Å². The summed E-state index contributed by atoms with van der Waals surface area (Å²) in [4.78, 5) is 4.73. The van der Waals surface area contributed by atoms with Gasteiger partial charge in [-0.3, -0.25) is 4.98 Å². The fourth-order valence-corrected chi connectivity index (χ4v) is 5.21. The Morgan fingerprint density at radius 3 is 1.85 bits per heavy atom. The zero-order valence-corrected chi connectivity index (χ0v) is 18.6. The van der Waals surface area contributed by atoms with Crippen LogP contribution in [0, 0.1) is 0 Å². The van der Waals surface area contributed by atoms with Gasteiger partial charge in [-0.1, -0.05) is 97.1 Å². The fourth-order valence-electron chi connectivity index (χ4n) is 5.21. The smallest absolute Gasteiger partial charge is 0.0702 e. The van der Waals surface area contributed by atoms with Crippen molar-refractivity contribution >= 4 is 10.8 Å². The molecular formula is C33H21N. The summed E-state index contributed by atoms with van der Waals surface area (Å²) < 4.78 is 0. The van der Waals surface area contributed by atoms with Gasteiger partial charge in [0, 0.05) is 17.3 Å². The van der Waals surface area contributed by atoms with E-state index in [4.69, 9.17) is 4.98 Å². The lowest BCUT2D eigenvalue weighted by Crippen LogP contribution is -1.86. The van der Waals surface area contributed by atoms with Crippen molar-refractivity contribution in [3.05, 3.63) is 128 Å². The van der Waals surface area contributed by atoms with Gasteiger partial charge < -0.3 is 0 Å². The minimum atomic E-state index is 0.993. The van der Waals surface area contributed by atoms with Crippen molar-refractivity contribution < 1.29 is 0 Å². The SMILES string of the molecule is c1ccc(-c2ccc(-c3cccc(-c4cc5c6c(cccc6c4)-c4ccccc4-5)c3)cn2)cc1. The van der Waals surface area contributed by atoms with E-state index in [2.05, 4.69) is 103 Å². The second-order valence-electron chi connectivity index (χ2n) is 8.85. The van der Waals surface area contributed by atoms with E-state index in [1.54, 1.807) is 0 Å². The highest BCUT2D eigenvalue weighted by Gasteiger charge is 2.21. The van der Waals surface area contributed by atoms with E-state index in [1.165, 1.54) is 49.7 Å². The minimum absolute atomic E-state index is 0.993. The molecule has 0 saturated heterocycles. The van der Waals surface area contributed by atoms with Crippen molar-refractivity contribution in [3.63, 3.8) is 0 Å². The molecule has 6 aromatic rings. The molecular weight excluding hydrogens is 410 g/mol. The highest BCUT2D eigenvalue weighted by molar-refractivity contribution is 6.16. The first-order valence-electron chi connectivity index (χ1n) is 11.6. The summed E-state index contributed by atoms with van der Waals surface area (Å²) in [5, 5.41) is 2.66. The van der Waals surface area contributed by atoms with E-state index in [-0.39, 0.29) is 0 Å². The molecule has 0 aliphatic heterocycles. The van der Waals surface area contributed by atoms with Gasteiger partial charge in [0.15, 0.2) is 0 Å². The first-order valence-corrected chi connectivity index (χ1v) is 11.6. The Bertz CT molecular complexity index is 1680. The molecule has 1 nitrogen and oxygen atoms in total. The molecule has 1 aliphatic rings. The highest BCUT2D eigenvalue weighted by Crippen LogP contribution is 2.48. The van der Waals surface area contributed by atoms with Crippen LogP contribution in [0.25, 0.3) is 66.5 Å². The summed E-state index contributed by atoms with van der Waals surface area (Å²) in [5.41, 5.74) is 12.2. The third-order valence-corrected chi connectivity index (χ3v) is 6.85. The molecule has 0 radical (unpaired) electrons. The highest BCUT2D eigenvalue weighted by atomic mass is 14.7. The maximum Gasteiger partial charge on any atom is 0.0702 e. The monoisotopic (exact) mass is 431 g/mol. The molecule has 0 fully saturated rings. The van der Waals surface area contributed by atoms with Crippen LogP contribution in [0.5, 0.6) is 0 Å². The van der Waals surface area contributed by atoms with Crippen LogP contribution in [0.3, 0.4) is 0 Å². The van der Waals surface area contributed by atoms with Gasteiger partial charge in [-0.2, -0.15) is 0 Å². The number of hydrogen-bond acceptors (Lipinski definition) is 1. The molecule has 0 unspecified atom stereocenters. The van der Waals surface area contributed by atoms with Crippen LogP contribution in [-0.4, -0.2) is 4.98 Å². The van der Waals surface area contributed by atoms with Crippen LogP contribution in [0.15, 0.2) is 128 Å². The first kappa shape index (κ1) is 19.0. The van der Waals surface area contributed by atoms with E-state index in [0.29, 0.717) is 0 Å². The normalized spacial score (nSPS) is 11.5. The summed E-state index contributed by atoms with van der Waals surface area (Å²) in [6.45, 7) is 0. The Morgan fingerprint density at radius 1 is 0.382 bits per heavy atom. The molecule has 5 aromatic carbocycles. The molecule has 7 rings (SSSR count). The summed E-state index contributed by atoms with van der Waals surface area (Å²) in [6.07, 6.45) is 1.98. The van der Waals surface area contributed by atoms with Gasteiger partial charge in [-0.05, 0) is 74.0 Å². The van der Waals surface area contributed by atoms with Crippen LogP contribution < -0.4 is 0 Å². The van der Waals surface area contributed by atoms with Crippen LogP contribution in [0.1, 0.15) is 0 Å². The van der Waals surface area contributed by atoms with Crippen molar-refractivity contribution in [2.75, 3.05) is 0 Å². The van der Waals surface area contributed by atoms with Crippen molar-refractivity contribution in [1.29, 1.82) is 0 Å². The molecule has 1 aromatic heterocycles. The number of nitrogens with zero attached hydrogens (tertiary/aromatic N) is 1. The van der Waals surface area contributed by atoms with E-state index >= 15 is 0 Å². The second kappa shape index (κ2) is 7.54. The van der Waals surface area contributed by atoms with Crippen LogP contribution in [-0.2, 0) is 0 Å². The van der Waals surface area contributed by atoms with E-state index in [9.17, 15) is 0 Å². The molecule has 1 aliphatic carbocycles. The van der Waals surface area contributed by atoms with Gasteiger partial charge in [-0.25, -0.2) is 0 Å². The van der Waals surface area contributed by atoms with Gasteiger partial charge in [0.1, 0.15) is 0 Å². The zero-order chi connectivity index (χ0) is 22.5. The quantitative estimate of drug-likeness (QED) is 0.272. The van der Waals surface area contributed by atoms with Gasteiger partial charge in [-0.15, -0.1) is 0 Å². The summed E-state index contributed by atoms with van der Waals surface area (Å²) in [6, 6.07) is 43.4. The van der Waals surface area contributed by atoms with Crippen molar-refractivity contribution in [2.24, 2.45) is 0 Å². The number of benzene rings is 5. The van der Waals surface area contributed by atoms with Crippen LogP contribution in [0.2, 0.25) is 0 Å². The Kier molecular flexibility index (Phi) is 4.22. The predicted octanol–water partition coefficient (Wildman–Crippen LogP) is 8.88. The van der Waals surface area contributed by atoms with E-state index in [1.807, 2.05) is 24.4 Å². The summed E-state index contributed by atoms with van der Waals surface area (Å²) >= 11 is 0. The summed E-state index contributed by atoms with van der Waals surface area (Å²) in [7, 11) is 0. The van der Waals surface area contributed by atoms with E-state index < -0.39 is 0 Å². The molecule has 0 N–H and O–H groups in total. The largest absolute Gasteiger partial charge is 0.256 e. The third-order valence-electron chi connectivity index (χ3n) is 6.85. The molecule has 0 spiro atoms. The number of hydrogen-bond donors (Lipinski definition) is 0. The lowest BCUT2D eigenvalue weighted by molar-refractivity contribution is 1.32. The van der Waals surface area contributed by atoms with Gasteiger partial charge in [0.2, 0.25) is 0 Å². The molecule has 0 saturated carbocycles. The van der Waals surface area contributed by atoms with Crippen LogP contribution in [0.4, 0.5) is 0 Å². The average Bonchev–Trinajstić information content (AvgIpc) is 3.24. The Hall–Kier alpha value is -4.49. The molecule has 158 valence electrons. The summed E-state index contributed by atoms with van der Waals surface area (Å²) in [5.74, 6) is 0. The molecule has 1 heterocycles. The van der Waals surface area contributed by atoms with Gasteiger partial charge in [0.05, 0.1) is 5.69 Å². The van der Waals surface area contributed by atoms with Gasteiger partial charge in [0.25, 0.3) is 0 Å². The topological polar surface area (TPSA) is 12.9 Å². The number of pyridine rings is 1. The van der Waals surface area contributed by atoms with Crippen molar-refractivity contribution in [1.82, 2.24) is 4.98 Å². The lowest BCUT2D eigenvalue weighted by atomic mass is 9.94. The molecule has 0 atom stereocenters. The zero-order valence-electron chi connectivity index (χ0n) is 18.6. The average molecular weight is 432 g/mol. The molecule has 34 heavy (non-hydrogen) atoms. The van der Waals surface area contributed by atoms with E-state index in [0.717, 1.165) is 16.8 Å². The first-order chi connectivity index (χ1) is 16.8. The molecule has 1 heteroatoms. The Morgan fingerprint density at radius 2 is 1.06 bits per heavy atom. The standard InChI is InChI=1S/C33H21N/c1-2-8-22(9-3-1)32-17-16-26(21-34-32)23-10-6-11-24(18-23)27-19-25-12-7-15-30-28-13-4-5-14-29(28)31(20-27)33(25)30/h1-21H. The second-order valence-corrected chi connectivity index (χ2v) is 8.85. The Labute approximate surface area is 199 Å². The molecule has 0 amide bonds. The molecule has 0 bridgehead atoms. The van der Waals surface area contributed by atoms with Gasteiger partial charge >= 0.3 is 0 Å². The fraction of sp³-hybridized carbons (Fsp3) is 0. The number of aromatic nitrogens is 1. The maximum atomic E-state index is 4.73. The van der Waals surface area contributed by atoms with Crippen molar-refractivity contribution in [3.8, 4) is 55.8 Å². The third kappa shape index (κ3) is 2.98. The number of rotatable bonds is 3.